The summed E-state index contributed by atoms with van der Waals surface area (Å²) in [6.07, 6.45) is 10.8. The van der Waals surface area contributed by atoms with Crippen LogP contribution >= 0.6 is 0 Å². The highest BCUT2D eigenvalue weighted by atomic mass is 16.2. The summed E-state index contributed by atoms with van der Waals surface area (Å²) in [4.78, 5) is 14.1. The summed E-state index contributed by atoms with van der Waals surface area (Å²) in [6.45, 7) is 1.21. The Hall–Kier alpha value is -3.93. The number of carbonyl (C=O) groups excluding carboxylic acids is 1. The summed E-state index contributed by atoms with van der Waals surface area (Å²) in [5, 5.41) is 8.74. The first-order valence-electron chi connectivity index (χ1n) is 9.76. The van der Waals surface area contributed by atoms with E-state index in [2.05, 4.69) is 22.3 Å². The van der Waals surface area contributed by atoms with Crippen molar-refractivity contribution in [3.63, 3.8) is 0 Å². The molecular formula is C24H23N5O. The molecule has 4 rings (SSSR count). The monoisotopic (exact) mass is 397 g/mol. The Morgan fingerprint density at radius 2 is 1.67 bits per heavy atom. The molecule has 0 unspecified atom stereocenters. The van der Waals surface area contributed by atoms with Gasteiger partial charge in [0, 0.05) is 43.2 Å². The largest absolute Gasteiger partial charge is 0.338 e. The van der Waals surface area contributed by atoms with Gasteiger partial charge >= 0.3 is 0 Å². The third kappa shape index (κ3) is 4.91. The van der Waals surface area contributed by atoms with Gasteiger partial charge in [-0.2, -0.15) is 10.2 Å². The lowest BCUT2D eigenvalue weighted by Crippen LogP contribution is -2.23. The zero-order chi connectivity index (χ0) is 20.8. The minimum Gasteiger partial charge on any atom is -0.338 e. The smallest absolute Gasteiger partial charge is 0.246 e. The topological polar surface area (TPSA) is 56.0 Å². The SMILES string of the molecule is CN(Cc1cnn(Cc2ccccc2)c1)C(=O)/C=C/c1cnn(-c2ccccc2)c1. The van der Waals surface area contributed by atoms with Gasteiger partial charge in [-0.05, 0) is 23.8 Å². The van der Waals surface area contributed by atoms with E-state index in [1.54, 1.807) is 41.2 Å². The van der Waals surface area contributed by atoms with Crippen LogP contribution in [0.3, 0.4) is 0 Å². The normalized spacial score (nSPS) is 11.1. The summed E-state index contributed by atoms with van der Waals surface area (Å²) >= 11 is 0. The van der Waals surface area contributed by atoms with Crippen molar-refractivity contribution in [3.8, 4) is 5.69 Å². The van der Waals surface area contributed by atoms with Gasteiger partial charge < -0.3 is 4.90 Å². The van der Waals surface area contributed by atoms with Crippen molar-refractivity contribution in [3.05, 3.63) is 108 Å². The molecule has 0 spiro atoms. The van der Waals surface area contributed by atoms with Gasteiger partial charge in [-0.25, -0.2) is 4.68 Å². The van der Waals surface area contributed by atoms with Crippen molar-refractivity contribution >= 4 is 12.0 Å². The van der Waals surface area contributed by atoms with Crippen molar-refractivity contribution in [1.29, 1.82) is 0 Å². The Balaban J connectivity index is 1.33. The van der Waals surface area contributed by atoms with Gasteiger partial charge in [0.2, 0.25) is 5.91 Å². The summed E-state index contributed by atoms with van der Waals surface area (Å²) in [7, 11) is 1.79. The van der Waals surface area contributed by atoms with Crippen LogP contribution in [0.2, 0.25) is 0 Å². The maximum atomic E-state index is 12.5. The van der Waals surface area contributed by atoms with Crippen LogP contribution in [-0.2, 0) is 17.9 Å². The quantitative estimate of drug-likeness (QED) is 0.446. The highest BCUT2D eigenvalue weighted by Gasteiger charge is 2.08. The number of likely N-dealkylation sites (N-methyl/N-ethyl adjacent to an activating group) is 1. The van der Waals surface area contributed by atoms with Crippen molar-refractivity contribution in [2.45, 2.75) is 13.1 Å². The van der Waals surface area contributed by atoms with E-state index in [4.69, 9.17) is 0 Å². The Bertz CT molecular complexity index is 1130. The van der Waals surface area contributed by atoms with Crippen LogP contribution in [0.5, 0.6) is 0 Å². The molecule has 2 aromatic heterocycles. The first kappa shape index (κ1) is 19.4. The van der Waals surface area contributed by atoms with Crippen LogP contribution in [0.4, 0.5) is 0 Å². The van der Waals surface area contributed by atoms with Crippen molar-refractivity contribution in [1.82, 2.24) is 24.5 Å². The van der Waals surface area contributed by atoms with Crippen molar-refractivity contribution in [2.24, 2.45) is 0 Å². The summed E-state index contributed by atoms with van der Waals surface area (Å²) < 4.78 is 3.67. The molecular weight excluding hydrogens is 374 g/mol. The lowest BCUT2D eigenvalue weighted by atomic mass is 10.2. The van der Waals surface area contributed by atoms with Crippen LogP contribution in [0.15, 0.2) is 91.5 Å². The minimum atomic E-state index is -0.0710. The molecule has 4 aromatic rings. The van der Waals surface area contributed by atoms with Crippen molar-refractivity contribution in [2.75, 3.05) is 7.05 Å². The van der Waals surface area contributed by atoms with Crippen LogP contribution in [-0.4, -0.2) is 37.4 Å². The number of nitrogens with zero attached hydrogens (tertiary/aromatic N) is 5. The number of hydrogen-bond donors (Lipinski definition) is 0. The van der Waals surface area contributed by atoms with Gasteiger partial charge in [0.15, 0.2) is 0 Å². The molecule has 6 nitrogen and oxygen atoms in total. The number of aromatic nitrogens is 4. The lowest BCUT2D eigenvalue weighted by molar-refractivity contribution is -0.125. The van der Waals surface area contributed by atoms with Gasteiger partial charge in [-0.15, -0.1) is 0 Å². The molecule has 30 heavy (non-hydrogen) atoms. The first-order chi connectivity index (χ1) is 14.7. The predicted molar refractivity (Wildman–Crippen MR) is 117 cm³/mol. The van der Waals surface area contributed by atoms with E-state index in [0.717, 1.165) is 16.8 Å². The highest BCUT2D eigenvalue weighted by Crippen LogP contribution is 2.10. The van der Waals surface area contributed by atoms with E-state index >= 15 is 0 Å². The van der Waals surface area contributed by atoms with E-state index in [1.807, 2.05) is 65.6 Å². The Morgan fingerprint density at radius 3 is 2.43 bits per heavy atom. The van der Waals surface area contributed by atoms with Gasteiger partial charge in [0.25, 0.3) is 0 Å². The Labute approximate surface area is 175 Å². The fourth-order valence-electron chi connectivity index (χ4n) is 3.14. The third-order valence-electron chi connectivity index (χ3n) is 4.71. The second-order valence-electron chi connectivity index (χ2n) is 7.11. The highest BCUT2D eigenvalue weighted by molar-refractivity contribution is 5.91. The summed E-state index contributed by atoms with van der Waals surface area (Å²) in [5.41, 5.74) is 4.03. The van der Waals surface area contributed by atoms with Crippen LogP contribution in [0.25, 0.3) is 11.8 Å². The maximum Gasteiger partial charge on any atom is 0.246 e. The molecule has 0 aliphatic heterocycles. The number of hydrogen-bond acceptors (Lipinski definition) is 3. The molecule has 2 aromatic carbocycles. The fraction of sp³-hybridized carbons (Fsp3) is 0.125. The molecule has 0 aliphatic carbocycles. The number of para-hydroxylation sites is 1. The molecule has 0 saturated carbocycles. The average molecular weight is 397 g/mol. The number of carbonyl (C=O) groups is 1. The first-order valence-corrected chi connectivity index (χ1v) is 9.76. The zero-order valence-electron chi connectivity index (χ0n) is 16.8. The molecule has 2 heterocycles. The van der Waals surface area contributed by atoms with Gasteiger partial charge in [-0.1, -0.05) is 48.5 Å². The van der Waals surface area contributed by atoms with Crippen molar-refractivity contribution < 1.29 is 4.79 Å². The van der Waals surface area contributed by atoms with E-state index in [0.29, 0.717) is 13.1 Å². The molecule has 0 N–H and O–H groups in total. The van der Waals surface area contributed by atoms with E-state index in [-0.39, 0.29) is 5.91 Å². The van der Waals surface area contributed by atoms with Gasteiger partial charge in [0.05, 0.1) is 24.6 Å². The molecule has 6 heteroatoms. The molecule has 0 saturated heterocycles. The molecule has 0 bridgehead atoms. The average Bonchev–Trinajstić information content (AvgIpc) is 3.43. The summed E-state index contributed by atoms with van der Waals surface area (Å²) in [5.74, 6) is -0.0710. The minimum absolute atomic E-state index is 0.0710. The fourth-order valence-corrected chi connectivity index (χ4v) is 3.14. The molecule has 0 fully saturated rings. The molecule has 0 radical (unpaired) electrons. The standard InChI is InChI=1S/C24H23N5O/c1-27(16-22-15-25-28(18-22)17-20-8-4-2-5-9-20)24(30)13-12-21-14-26-29(19-21)23-10-6-3-7-11-23/h2-15,18-19H,16-17H2,1H3/b13-12+. The lowest BCUT2D eigenvalue weighted by Gasteiger charge is -2.13. The van der Waals surface area contributed by atoms with Crippen LogP contribution < -0.4 is 0 Å². The van der Waals surface area contributed by atoms with Crippen LogP contribution in [0.1, 0.15) is 16.7 Å². The third-order valence-corrected chi connectivity index (χ3v) is 4.71. The molecule has 150 valence electrons. The number of benzene rings is 2. The van der Waals surface area contributed by atoms with E-state index in [1.165, 1.54) is 5.56 Å². The molecule has 0 atom stereocenters. The number of rotatable bonds is 7. The van der Waals surface area contributed by atoms with Gasteiger partial charge in [-0.3, -0.25) is 9.48 Å². The second kappa shape index (κ2) is 9.05. The Kier molecular flexibility index (Phi) is 5.85. The van der Waals surface area contributed by atoms with Crippen LogP contribution in [0, 0.1) is 0 Å². The zero-order valence-corrected chi connectivity index (χ0v) is 16.8. The maximum absolute atomic E-state index is 12.5. The van der Waals surface area contributed by atoms with E-state index < -0.39 is 0 Å². The second-order valence-corrected chi connectivity index (χ2v) is 7.11. The van der Waals surface area contributed by atoms with Gasteiger partial charge in [0.1, 0.15) is 0 Å². The molecule has 0 aliphatic rings. The predicted octanol–water partition coefficient (Wildman–Crippen LogP) is 3.79. The molecule has 1 amide bonds. The Morgan fingerprint density at radius 1 is 0.933 bits per heavy atom. The van der Waals surface area contributed by atoms with E-state index in [9.17, 15) is 4.79 Å². The summed E-state index contributed by atoms with van der Waals surface area (Å²) in [6, 6.07) is 20.0. The number of amides is 1.